The molecule has 0 bridgehead atoms. The first-order valence-electron chi connectivity index (χ1n) is 6.17. The first kappa shape index (κ1) is 12.7. The maximum atomic E-state index is 4.58. The minimum Gasteiger partial charge on any atom is -0.360 e. The fourth-order valence-electron chi connectivity index (χ4n) is 1.96. The summed E-state index contributed by atoms with van der Waals surface area (Å²) in [4.78, 5) is 9.26. The highest BCUT2D eigenvalue weighted by Crippen LogP contribution is 2.23. The number of piperazine rings is 1. The number of hydrogen-bond donors (Lipinski definition) is 1. The van der Waals surface area contributed by atoms with Gasteiger partial charge in [-0.15, -0.1) is 0 Å². The van der Waals surface area contributed by atoms with Gasteiger partial charge in [-0.3, -0.25) is 4.90 Å². The van der Waals surface area contributed by atoms with Crippen molar-refractivity contribution in [1.29, 1.82) is 0 Å². The van der Waals surface area contributed by atoms with E-state index in [1.54, 1.807) is 0 Å². The van der Waals surface area contributed by atoms with Crippen LogP contribution in [0, 0.1) is 0 Å². The Labute approximate surface area is 107 Å². The van der Waals surface area contributed by atoms with E-state index in [4.69, 9.17) is 0 Å². The minimum atomic E-state index is 0.335. The van der Waals surface area contributed by atoms with Crippen LogP contribution in [0.25, 0.3) is 0 Å². The van der Waals surface area contributed by atoms with Gasteiger partial charge < -0.3 is 10.2 Å². The van der Waals surface area contributed by atoms with Gasteiger partial charge in [-0.2, -0.15) is 4.37 Å². The van der Waals surface area contributed by atoms with Crippen LogP contribution in [0.15, 0.2) is 0 Å². The van der Waals surface area contributed by atoms with E-state index < -0.39 is 0 Å². The SMILES string of the molecule is CCCNc1nc(C2CN(C)CCN2C)ns1. The summed E-state index contributed by atoms with van der Waals surface area (Å²) in [6, 6.07) is 0.335. The van der Waals surface area contributed by atoms with Gasteiger partial charge in [0.2, 0.25) is 5.13 Å². The second kappa shape index (κ2) is 5.75. The molecule has 0 radical (unpaired) electrons. The normalized spacial score (nSPS) is 22.9. The molecule has 1 unspecified atom stereocenters. The zero-order valence-corrected chi connectivity index (χ0v) is 11.6. The van der Waals surface area contributed by atoms with Crippen molar-refractivity contribution in [2.45, 2.75) is 19.4 Å². The number of nitrogens with zero attached hydrogens (tertiary/aromatic N) is 4. The number of rotatable bonds is 4. The van der Waals surface area contributed by atoms with Crippen molar-refractivity contribution in [2.75, 3.05) is 45.6 Å². The van der Waals surface area contributed by atoms with Crippen molar-refractivity contribution in [3.05, 3.63) is 5.82 Å². The number of aromatic nitrogens is 2. The second-order valence-corrected chi connectivity index (χ2v) is 5.40. The lowest BCUT2D eigenvalue weighted by Gasteiger charge is -2.35. The summed E-state index contributed by atoms with van der Waals surface area (Å²) in [6.07, 6.45) is 1.11. The largest absolute Gasteiger partial charge is 0.360 e. The molecule has 1 aliphatic heterocycles. The molecule has 1 aromatic rings. The van der Waals surface area contributed by atoms with Gasteiger partial charge in [0.1, 0.15) is 0 Å². The summed E-state index contributed by atoms with van der Waals surface area (Å²) in [7, 11) is 4.31. The fourth-order valence-corrected chi connectivity index (χ4v) is 2.61. The smallest absolute Gasteiger partial charge is 0.202 e. The molecule has 1 aromatic heterocycles. The van der Waals surface area contributed by atoms with Crippen LogP contribution in [0.5, 0.6) is 0 Å². The number of hydrogen-bond acceptors (Lipinski definition) is 6. The molecule has 1 saturated heterocycles. The molecule has 1 N–H and O–H groups in total. The summed E-state index contributed by atoms with van der Waals surface area (Å²) in [5.41, 5.74) is 0. The molecule has 0 saturated carbocycles. The first-order valence-corrected chi connectivity index (χ1v) is 6.94. The van der Waals surface area contributed by atoms with Gasteiger partial charge in [0.05, 0.1) is 6.04 Å². The highest BCUT2D eigenvalue weighted by Gasteiger charge is 2.26. The minimum absolute atomic E-state index is 0.335. The highest BCUT2D eigenvalue weighted by atomic mass is 32.1. The Kier molecular flexibility index (Phi) is 4.31. The number of nitrogens with one attached hydrogen (secondary N) is 1. The Morgan fingerprint density at radius 1 is 1.41 bits per heavy atom. The molecule has 0 aromatic carbocycles. The van der Waals surface area contributed by atoms with Gasteiger partial charge in [0.25, 0.3) is 0 Å². The van der Waals surface area contributed by atoms with E-state index in [1.807, 2.05) is 0 Å². The fraction of sp³-hybridized carbons (Fsp3) is 0.818. The van der Waals surface area contributed by atoms with Crippen LogP contribution in [0.1, 0.15) is 25.2 Å². The van der Waals surface area contributed by atoms with Crippen LogP contribution in [0.4, 0.5) is 5.13 Å². The van der Waals surface area contributed by atoms with Gasteiger partial charge in [-0.1, -0.05) is 6.92 Å². The predicted molar refractivity (Wildman–Crippen MR) is 71.6 cm³/mol. The van der Waals surface area contributed by atoms with E-state index in [0.717, 1.165) is 43.6 Å². The van der Waals surface area contributed by atoms with Crippen molar-refractivity contribution in [1.82, 2.24) is 19.2 Å². The van der Waals surface area contributed by atoms with Crippen LogP contribution in [0.3, 0.4) is 0 Å². The summed E-state index contributed by atoms with van der Waals surface area (Å²) in [5, 5.41) is 4.24. The average molecular weight is 255 g/mol. The Bertz CT molecular complexity index is 353. The third-order valence-corrected chi connectivity index (χ3v) is 3.80. The summed E-state index contributed by atoms with van der Waals surface area (Å²) < 4.78 is 4.48. The molecule has 2 heterocycles. The van der Waals surface area contributed by atoms with Crippen LogP contribution < -0.4 is 5.32 Å². The van der Waals surface area contributed by atoms with E-state index in [9.17, 15) is 0 Å². The standard InChI is InChI=1S/C11H21N5S/c1-4-5-12-11-13-10(14-17-11)9-8-15(2)6-7-16(9)3/h9H,4-8H2,1-3H3,(H,12,13,14). The summed E-state index contributed by atoms with van der Waals surface area (Å²) >= 11 is 1.47. The van der Waals surface area contributed by atoms with Gasteiger partial charge in [-0.05, 0) is 20.5 Å². The molecule has 2 rings (SSSR count). The maximum absolute atomic E-state index is 4.58. The third kappa shape index (κ3) is 3.14. The van der Waals surface area contributed by atoms with Crippen molar-refractivity contribution in [2.24, 2.45) is 0 Å². The third-order valence-electron chi connectivity index (χ3n) is 3.12. The zero-order chi connectivity index (χ0) is 12.3. The summed E-state index contributed by atoms with van der Waals surface area (Å²) in [6.45, 7) is 6.34. The van der Waals surface area contributed by atoms with Gasteiger partial charge in [0, 0.05) is 37.7 Å². The molecule has 1 atom stereocenters. The quantitative estimate of drug-likeness (QED) is 0.878. The molecule has 96 valence electrons. The van der Waals surface area contributed by atoms with E-state index in [1.165, 1.54) is 11.5 Å². The van der Waals surface area contributed by atoms with E-state index in [2.05, 4.69) is 45.5 Å². The van der Waals surface area contributed by atoms with Gasteiger partial charge in [0.15, 0.2) is 5.82 Å². The first-order chi connectivity index (χ1) is 8.20. The van der Waals surface area contributed by atoms with Gasteiger partial charge in [-0.25, -0.2) is 4.98 Å². The van der Waals surface area contributed by atoms with Crippen molar-refractivity contribution >= 4 is 16.7 Å². The Hall–Kier alpha value is -0.720. The van der Waals surface area contributed by atoms with Crippen molar-refractivity contribution in [3.8, 4) is 0 Å². The average Bonchev–Trinajstić information content (AvgIpc) is 2.78. The van der Waals surface area contributed by atoms with Crippen molar-refractivity contribution in [3.63, 3.8) is 0 Å². The zero-order valence-electron chi connectivity index (χ0n) is 10.8. The Balaban J connectivity index is 2.02. The molecule has 1 fully saturated rings. The molecule has 1 aliphatic rings. The Morgan fingerprint density at radius 2 is 2.24 bits per heavy atom. The van der Waals surface area contributed by atoms with Crippen LogP contribution in [-0.4, -0.2) is 59.4 Å². The van der Waals surface area contributed by atoms with Crippen LogP contribution in [0.2, 0.25) is 0 Å². The molecule has 0 aliphatic carbocycles. The number of anilines is 1. The lowest BCUT2D eigenvalue weighted by Crippen LogP contribution is -2.45. The topological polar surface area (TPSA) is 44.3 Å². The summed E-state index contributed by atoms with van der Waals surface area (Å²) in [5.74, 6) is 0.961. The molecular formula is C11H21N5S. The monoisotopic (exact) mass is 255 g/mol. The predicted octanol–water partition coefficient (Wildman–Crippen LogP) is 1.28. The maximum Gasteiger partial charge on any atom is 0.202 e. The van der Waals surface area contributed by atoms with Crippen molar-refractivity contribution < 1.29 is 0 Å². The molecule has 0 amide bonds. The van der Waals surface area contributed by atoms with E-state index >= 15 is 0 Å². The lowest BCUT2D eigenvalue weighted by atomic mass is 10.2. The molecular weight excluding hydrogens is 234 g/mol. The molecule has 5 nitrogen and oxygen atoms in total. The van der Waals surface area contributed by atoms with Crippen LogP contribution >= 0.6 is 11.5 Å². The van der Waals surface area contributed by atoms with Crippen LogP contribution in [-0.2, 0) is 0 Å². The second-order valence-electron chi connectivity index (χ2n) is 4.64. The lowest BCUT2D eigenvalue weighted by molar-refractivity contribution is 0.110. The molecule has 0 spiro atoms. The highest BCUT2D eigenvalue weighted by molar-refractivity contribution is 7.09. The Morgan fingerprint density at radius 3 is 3.00 bits per heavy atom. The molecule has 17 heavy (non-hydrogen) atoms. The molecule has 6 heteroatoms. The number of likely N-dealkylation sites (N-methyl/N-ethyl adjacent to an activating group) is 2. The van der Waals surface area contributed by atoms with E-state index in [-0.39, 0.29) is 0 Å². The van der Waals surface area contributed by atoms with E-state index in [0.29, 0.717) is 6.04 Å². The van der Waals surface area contributed by atoms with Gasteiger partial charge >= 0.3 is 0 Å².